The lowest BCUT2D eigenvalue weighted by Crippen LogP contribution is -2.19. The molecule has 0 amide bonds. The standard InChI is InChI=1S/C24H24N2O4/c1-13-14-9-19(27-2)20(28-3)10-15(14)16-8-18-17(22(16)25-13)11-21-24(30-12-29-21)23(18)26-6-4-5-7-26/h9-11H,4-8,12H2,1-3H3. The van der Waals surface area contributed by atoms with E-state index in [1.54, 1.807) is 14.2 Å². The van der Waals surface area contributed by atoms with Gasteiger partial charge in [-0.2, -0.15) is 0 Å². The Morgan fingerprint density at radius 2 is 1.67 bits per heavy atom. The zero-order valence-electron chi connectivity index (χ0n) is 17.5. The van der Waals surface area contributed by atoms with Gasteiger partial charge in [-0.3, -0.25) is 4.98 Å². The van der Waals surface area contributed by atoms with E-state index in [0.717, 1.165) is 64.8 Å². The van der Waals surface area contributed by atoms with Crippen LogP contribution in [0.25, 0.3) is 22.0 Å². The summed E-state index contributed by atoms with van der Waals surface area (Å²) < 4.78 is 22.9. The normalized spacial score (nSPS) is 16.2. The molecular formula is C24H24N2O4. The molecule has 2 aliphatic heterocycles. The fourth-order valence-electron chi connectivity index (χ4n) is 5.16. The molecule has 0 radical (unpaired) electrons. The van der Waals surface area contributed by atoms with Crippen molar-refractivity contribution in [3.63, 3.8) is 0 Å². The van der Waals surface area contributed by atoms with Crippen LogP contribution in [0.4, 0.5) is 5.69 Å². The van der Waals surface area contributed by atoms with Crippen molar-refractivity contribution >= 4 is 16.5 Å². The molecule has 3 aliphatic rings. The van der Waals surface area contributed by atoms with E-state index in [0.29, 0.717) is 0 Å². The van der Waals surface area contributed by atoms with E-state index in [4.69, 9.17) is 23.9 Å². The summed E-state index contributed by atoms with van der Waals surface area (Å²) in [5, 5.41) is 2.27. The minimum absolute atomic E-state index is 0.285. The first-order chi connectivity index (χ1) is 14.7. The lowest BCUT2D eigenvalue weighted by Gasteiger charge is -2.23. The fourth-order valence-corrected chi connectivity index (χ4v) is 5.16. The van der Waals surface area contributed by atoms with Crippen molar-refractivity contribution in [1.82, 2.24) is 4.98 Å². The summed E-state index contributed by atoms with van der Waals surface area (Å²) in [6, 6.07) is 6.24. The Balaban J connectivity index is 1.62. The molecule has 3 heterocycles. The van der Waals surface area contributed by atoms with Crippen LogP contribution in [-0.2, 0) is 6.42 Å². The maximum absolute atomic E-state index is 5.92. The Morgan fingerprint density at radius 1 is 0.933 bits per heavy atom. The molecule has 6 rings (SSSR count). The van der Waals surface area contributed by atoms with E-state index in [9.17, 15) is 0 Å². The van der Waals surface area contributed by atoms with Crippen molar-refractivity contribution in [1.29, 1.82) is 0 Å². The largest absolute Gasteiger partial charge is 0.493 e. The van der Waals surface area contributed by atoms with Crippen molar-refractivity contribution in [3.8, 4) is 34.3 Å². The number of rotatable bonds is 3. The number of aryl methyl sites for hydroxylation is 1. The monoisotopic (exact) mass is 404 g/mol. The Hall–Kier alpha value is -3.15. The molecule has 0 bridgehead atoms. The number of hydrogen-bond donors (Lipinski definition) is 0. The van der Waals surface area contributed by atoms with Gasteiger partial charge in [0.1, 0.15) is 0 Å². The van der Waals surface area contributed by atoms with E-state index < -0.39 is 0 Å². The Labute approximate surface area is 175 Å². The zero-order chi connectivity index (χ0) is 20.4. The molecular weight excluding hydrogens is 380 g/mol. The number of fused-ring (bicyclic) bond motifs is 6. The van der Waals surface area contributed by atoms with E-state index in [1.807, 2.05) is 6.07 Å². The molecule has 30 heavy (non-hydrogen) atoms. The van der Waals surface area contributed by atoms with E-state index in [-0.39, 0.29) is 6.79 Å². The molecule has 1 saturated heterocycles. The molecule has 6 heteroatoms. The van der Waals surface area contributed by atoms with Gasteiger partial charge in [0, 0.05) is 36.2 Å². The predicted molar refractivity (Wildman–Crippen MR) is 115 cm³/mol. The highest BCUT2D eigenvalue weighted by atomic mass is 16.7. The van der Waals surface area contributed by atoms with Gasteiger partial charge in [0.2, 0.25) is 6.79 Å². The first-order valence-electron chi connectivity index (χ1n) is 10.5. The van der Waals surface area contributed by atoms with Gasteiger partial charge in [0.05, 0.1) is 25.6 Å². The quantitative estimate of drug-likeness (QED) is 0.503. The van der Waals surface area contributed by atoms with Gasteiger partial charge in [0.15, 0.2) is 23.0 Å². The molecule has 154 valence electrons. The molecule has 1 aliphatic carbocycles. The van der Waals surface area contributed by atoms with Crippen LogP contribution in [0, 0.1) is 6.92 Å². The average molecular weight is 404 g/mol. The number of methoxy groups -OCH3 is 2. The fraction of sp³-hybridized carbons (Fsp3) is 0.375. The summed E-state index contributed by atoms with van der Waals surface area (Å²) >= 11 is 0. The van der Waals surface area contributed by atoms with Crippen LogP contribution in [0.15, 0.2) is 18.2 Å². The topological polar surface area (TPSA) is 53.1 Å². The third-order valence-corrected chi connectivity index (χ3v) is 6.58. The van der Waals surface area contributed by atoms with E-state index in [1.165, 1.54) is 35.0 Å². The van der Waals surface area contributed by atoms with Crippen LogP contribution in [0.3, 0.4) is 0 Å². The Bertz CT molecular complexity index is 1200. The van der Waals surface area contributed by atoms with Gasteiger partial charge in [-0.1, -0.05) is 0 Å². The summed E-state index contributed by atoms with van der Waals surface area (Å²) in [5.41, 5.74) is 6.91. The van der Waals surface area contributed by atoms with Gasteiger partial charge < -0.3 is 23.8 Å². The molecule has 1 aromatic heterocycles. The molecule has 2 aromatic carbocycles. The molecule has 3 aromatic rings. The van der Waals surface area contributed by atoms with Gasteiger partial charge in [-0.15, -0.1) is 0 Å². The smallest absolute Gasteiger partial charge is 0.231 e. The number of aromatic nitrogens is 1. The number of benzene rings is 2. The number of anilines is 1. The predicted octanol–water partition coefficient (Wildman–Crippen LogP) is 4.46. The zero-order valence-corrected chi connectivity index (χ0v) is 17.5. The Kier molecular flexibility index (Phi) is 3.79. The van der Waals surface area contributed by atoms with Crippen LogP contribution >= 0.6 is 0 Å². The number of ether oxygens (including phenoxy) is 4. The van der Waals surface area contributed by atoms with Crippen LogP contribution in [0.5, 0.6) is 23.0 Å². The third-order valence-electron chi connectivity index (χ3n) is 6.58. The first-order valence-corrected chi connectivity index (χ1v) is 10.5. The number of nitrogens with zero attached hydrogens (tertiary/aromatic N) is 2. The van der Waals surface area contributed by atoms with Crippen molar-refractivity contribution in [2.24, 2.45) is 0 Å². The van der Waals surface area contributed by atoms with Gasteiger partial charge in [-0.25, -0.2) is 0 Å². The minimum atomic E-state index is 0.285. The third kappa shape index (κ3) is 2.33. The first kappa shape index (κ1) is 17.7. The lowest BCUT2D eigenvalue weighted by atomic mass is 10.0. The van der Waals surface area contributed by atoms with Gasteiger partial charge in [0.25, 0.3) is 0 Å². The second kappa shape index (κ2) is 6.42. The summed E-state index contributed by atoms with van der Waals surface area (Å²) in [6.07, 6.45) is 3.25. The molecule has 6 nitrogen and oxygen atoms in total. The second-order valence-corrected chi connectivity index (χ2v) is 8.13. The minimum Gasteiger partial charge on any atom is -0.493 e. The van der Waals surface area contributed by atoms with Crippen LogP contribution < -0.4 is 23.8 Å². The number of pyridine rings is 1. The molecule has 0 atom stereocenters. The summed E-state index contributed by atoms with van der Waals surface area (Å²) in [4.78, 5) is 7.49. The molecule has 0 N–H and O–H groups in total. The van der Waals surface area contributed by atoms with Crippen LogP contribution in [0.1, 0.15) is 29.7 Å². The molecule has 0 unspecified atom stereocenters. The van der Waals surface area contributed by atoms with E-state index >= 15 is 0 Å². The average Bonchev–Trinajstić information content (AvgIpc) is 3.51. The maximum Gasteiger partial charge on any atom is 0.231 e. The van der Waals surface area contributed by atoms with Crippen molar-refractivity contribution < 1.29 is 18.9 Å². The maximum atomic E-state index is 5.92. The SMILES string of the molecule is COc1cc2c(C)nc3c(c2cc1OC)Cc1c-3cc2c(c1N1CCCC1)OCO2. The lowest BCUT2D eigenvalue weighted by molar-refractivity contribution is 0.174. The molecule has 0 spiro atoms. The second-order valence-electron chi connectivity index (χ2n) is 8.13. The summed E-state index contributed by atoms with van der Waals surface area (Å²) in [6.45, 7) is 4.45. The van der Waals surface area contributed by atoms with Crippen molar-refractivity contribution in [2.45, 2.75) is 26.2 Å². The van der Waals surface area contributed by atoms with E-state index in [2.05, 4.69) is 24.0 Å². The highest BCUT2D eigenvalue weighted by Crippen LogP contribution is 2.53. The van der Waals surface area contributed by atoms with Crippen molar-refractivity contribution in [2.75, 3.05) is 39.0 Å². The van der Waals surface area contributed by atoms with Gasteiger partial charge in [-0.05, 0) is 54.5 Å². The molecule has 1 fully saturated rings. The van der Waals surface area contributed by atoms with Crippen molar-refractivity contribution in [3.05, 3.63) is 35.0 Å². The highest BCUT2D eigenvalue weighted by Gasteiger charge is 2.34. The highest BCUT2D eigenvalue weighted by molar-refractivity contribution is 5.99. The van der Waals surface area contributed by atoms with Crippen LogP contribution in [0.2, 0.25) is 0 Å². The van der Waals surface area contributed by atoms with Gasteiger partial charge >= 0.3 is 0 Å². The Morgan fingerprint density at radius 3 is 2.40 bits per heavy atom. The number of hydrogen-bond acceptors (Lipinski definition) is 6. The van der Waals surface area contributed by atoms with Crippen LogP contribution in [-0.4, -0.2) is 39.1 Å². The summed E-state index contributed by atoms with van der Waals surface area (Å²) in [5.74, 6) is 3.19. The summed E-state index contributed by atoms with van der Waals surface area (Å²) in [7, 11) is 3.34. The molecule has 0 saturated carbocycles.